The third-order valence-electron chi connectivity index (χ3n) is 1.17. The molecule has 0 aromatic carbocycles. The van der Waals surface area contributed by atoms with E-state index in [0.29, 0.717) is 5.82 Å². The molecule has 4 nitrogen and oxygen atoms in total. The highest BCUT2D eigenvalue weighted by molar-refractivity contribution is 9.39. The van der Waals surface area contributed by atoms with E-state index in [1.165, 1.54) is 0 Å². The zero-order valence-corrected chi connectivity index (χ0v) is 16.1. The van der Waals surface area contributed by atoms with Crippen LogP contribution in [0.3, 0.4) is 0 Å². The first-order chi connectivity index (χ1) is 6.60. The Bertz CT molecular complexity index is 383. The molecule has 0 saturated carbocycles. The van der Waals surface area contributed by atoms with Crippen LogP contribution in [0.5, 0.6) is 0 Å². The van der Waals surface area contributed by atoms with Gasteiger partial charge in [0, 0.05) is 0 Å². The number of aromatic nitrogens is 3. The zero-order chi connectivity index (χ0) is 11.9. The van der Waals surface area contributed by atoms with Crippen molar-refractivity contribution < 1.29 is 0 Å². The fourth-order valence-corrected chi connectivity index (χ4v) is 1.74. The Hall–Kier alpha value is 1.69. The minimum absolute atomic E-state index is 0.254. The molecule has 84 valence electrons. The summed E-state index contributed by atoms with van der Waals surface area (Å²) in [4.78, 5) is 21.6. The highest BCUT2D eigenvalue weighted by Crippen LogP contribution is 2.45. The number of H-pyrrole nitrogens is 1. The van der Waals surface area contributed by atoms with Crippen molar-refractivity contribution in [3.8, 4) is 0 Å². The molecular formula is C5HBr6N3O. The van der Waals surface area contributed by atoms with Gasteiger partial charge in [-0.3, -0.25) is 4.98 Å². The van der Waals surface area contributed by atoms with Gasteiger partial charge in [0.05, 0.1) is 0 Å². The van der Waals surface area contributed by atoms with Gasteiger partial charge in [-0.05, 0) is 0 Å². The SMILES string of the molecule is O=c1nc(C(Br)(Br)Br)nc(C(Br)(Br)Br)[nH]1. The summed E-state index contributed by atoms with van der Waals surface area (Å²) in [7, 11) is 0. The normalized spacial score (nSPS) is 12.9. The molecule has 0 fully saturated rings. The quantitative estimate of drug-likeness (QED) is 0.463. The van der Waals surface area contributed by atoms with Crippen LogP contribution in [0.2, 0.25) is 0 Å². The maximum Gasteiger partial charge on any atom is 0.348 e. The molecule has 0 saturated heterocycles. The Labute approximate surface area is 135 Å². The van der Waals surface area contributed by atoms with Gasteiger partial charge in [-0.25, -0.2) is 9.78 Å². The molecule has 0 spiro atoms. The molecule has 0 aliphatic rings. The molecule has 0 amide bonds. The molecule has 10 heteroatoms. The van der Waals surface area contributed by atoms with Crippen LogP contribution in [0.15, 0.2) is 4.79 Å². The standard InChI is InChI=1S/C5HBr6N3O/c6-4(7,8)1-12-2(5(9,10)11)14-3(15)13-1/h(H,12,13,14,15). The van der Waals surface area contributed by atoms with Crippen molar-refractivity contribution >= 4 is 95.6 Å². The lowest BCUT2D eigenvalue weighted by molar-refractivity contribution is 0.849. The fraction of sp³-hybridized carbons (Fsp3) is 0.400. The molecule has 1 rings (SSSR count). The minimum atomic E-state index is -0.825. The van der Waals surface area contributed by atoms with Gasteiger partial charge in [0.15, 0.2) is 15.9 Å². The second kappa shape index (κ2) is 5.13. The molecule has 1 heterocycles. The maximum atomic E-state index is 11.3. The van der Waals surface area contributed by atoms with Crippen LogP contribution in [0.1, 0.15) is 11.6 Å². The molecule has 0 atom stereocenters. The number of hydrogen-bond donors (Lipinski definition) is 1. The lowest BCUT2D eigenvalue weighted by Gasteiger charge is -2.14. The second-order valence-corrected chi connectivity index (χ2v) is 15.8. The van der Waals surface area contributed by atoms with Gasteiger partial charge in [-0.15, -0.1) is 0 Å². The molecule has 0 unspecified atom stereocenters. The topological polar surface area (TPSA) is 58.6 Å². The Morgan fingerprint density at radius 2 is 1.47 bits per heavy atom. The summed E-state index contributed by atoms with van der Waals surface area (Å²) in [5.41, 5.74) is -0.500. The van der Waals surface area contributed by atoms with Crippen molar-refractivity contribution in [1.82, 2.24) is 15.0 Å². The van der Waals surface area contributed by atoms with Crippen LogP contribution in [0.25, 0.3) is 0 Å². The molecule has 0 aliphatic heterocycles. The molecular weight excluding hydrogens is 597 g/mol. The van der Waals surface area contributed by atoms with E-state index in [0.717, 1.165) is 0 Å². The van der Waals surface area contributed by atoms with Gasteiger partial charge in [-0.2, -0.15) is 4.98 Å². The number of halogens is 6. The predicted molar refractivity (Wildman–Crippen MR) is 79.6 cm³/mol. The number of alkyl halides is 6. The van der Waals surface area contributed by atoms with Crippen LogP contribution in [-0.4, -0.2) is 15.0 Å². The lowest BCUT2D eigenvalue weighted by atomic mass is 10.6. The monoisotopic (exact) mass is 593 g/mol. The van der Waals surface area contributed by atoms with Crippen molar-refractivity contribution in [3.63, 3.8) is 0 Å². The minimum Gasteiger partial charge on any atom is -0.291 e. The van der Waals surface area contributed by atoms with Gasteiger partial charge < -0.3 is 0 Å². The molecule has 1 aromatic heterocycles. The predicted octanol–water partition coefficient (Wildman–Crippen LogP) is 3.75. The summed E-state index contributed by atoms with van der Waals surface area (Å²) in [5, 5.41) is 0. The van der Waals surface area contributed by atoms with E-state index in [1.807, 2.05) is 0 Å². The van der Waals surface area contributed by atoms with Crippen molar-refractivity contribution in [2.75, 3.05) is 0 Å². The van der Waals surface area contributed by atoms with E-state index >= 15 is 0 Å². The van der Waals surface area contributed by atoms with Gasteiger partial charge in [-0.1, -0.05) is 95.6 Å². The highest BCUT2D eigenvalue weighted by Gasteiger charge is 2.30. The molecule has 1 N–H and O–H groups in total. The van der Waals surface area contributed by atoms with Crippen molar-refractivity contribution in [1.29, 1.82) is 0 Å². The Kier molecular flexibility index (Phi) is 5.04. The van der Waals surface area contributed by atoms with Crippen molar-refractivity contribution in [2.45, 2.75) is 4.29 Å². The van der Waals surface area contributed by atoms with E-state index in [-0.39, 0.29) is 5.82 Å². The summed E-state index contributed by atoms with van der Waals surface area (Å²) >= 11 is 19.4. The van der Waals surface area contributed by atoms with Crippen LogP contribution in [-0.2, 0) is 4.29 Å². The van der Waals surface area contributed by atoms with E-state index in [9.17, 15) is 4.79 Å². The van der Waals surface area contributed by atoms with Crippen LogP contribution in [0.4, 0.5) is 0 Å². The zero-order valence-electron chi connectivity index (χ0n) is 6.57. The van der Waals surface area contributed by atoms with Gasteiger partial charge >= 0.3 is 5.69 Å². The molecule has 15 heavy (non-hydrogen) atoms. The fourth-order valence-electron chi connectivity index (χ4n) is 0.645. The Morgan fingerprint density at radius 3 is 1.87 bits per heavy atom. The van der Waals surface area contributed by atoms with Crippen LogP contribution in [0, 0.1) is 0 Å². The number of nitrogens with zero attached hydrogens (tertiary/aromatic N) is 2. The smallest absolute Gasteiger partial charge is 0.291 e. The summed E-state index contributed by atoms with van der Waals surface area (Å²) in [6, 6.07) is 0. The van der Waals surface area contributed by atoms with Crippen molar-refractivity contribution in [3.05, 3.63) is 22.1 Å². The number of aromatic amines is 1. The highest BCUT2D eigenvalue weighted by atomic mass is 80.0. The average molecular weight is 599 g/mol. The molecule has 1 aromatic rings. The lowest BCUT2D eigenvalue weighted by Crippen LogP contribution is -2.24. The van der Waals surface area contributed by atoms with Gasteiger partial charge in [0.1, 0.15) is 0 Å². The Morgan fingerprint density at radius 1 is 0.933 bits per heavy atom. The van der Waals surface area contributed by atoms with Gasteiger partial charge in [0.25, 0.3) is 0 Å². The molecule has 0 aliphatic carbocycles. The summed E-state index contributed by atoms with van der Waals surface area (Å²) in [6.45, 7) is 0. The number of rotatable bonds is 0. The van der Waals surface area contributed by atoms with Gasteiger partial charge in [0.2, 0.25) is 0 Å². The largest absolute Gasteiger partial charge is 0.348 e. The van der Waals surface area contributed by atoms with E-state index in [2.05, 4.69) is 111 Å². The first-order valence-corrected chi connectivity index (χ1v) is 7.99. The number of nitrogens with one attached hydrogen (secondary N) is 1. The third-order valence-corrected chi connectivity index (χ3v) is 3.36. The maximum absolute atomic E-state index is 11.3. The number of hydrogen-bond acceptors (Lipinski definition) is 3. The first kappa shape index (κ1) is 14.7. The van der Waals surface area contributed by atoms with Crippen LogP contribution < -0.4 is 5.69 Å². The van der Waals surface area contributed by atoms with E-state index < -0.39 is 9.98 Å². The van der Waals surface area contributed by atoms with Crippen LogP contribution >= 0.6 is 95.6 Å². The summed E-state index contributed by atoms with van der Waals surface area (Å²) < 4.78 is -1.61. The first-order valence-electron chi connectivity index (χ1n) is 3.23. The van der Waals surface area contributed by atoms with Crippen molar-refractivity contribution in [2.24, 2.45) is 0 Å². The molecule has 0 radical (unpaired) electrons. The molecule has 0 bridgehead atoms. The average Bonchev–Trinajstić information content (AvgIpc) is 1.99. The second-order valence-electron chi connectivity index (χ2n) is 2.32. The Balaban J connectivity index is 3.36. The van der Waals surface area contributed by atoms with E-state index in [1.54, 1.807) is 0 Å². The van der Waals surface area contributed by atoms with E-state index in [4.69, 9.17) is 0 Å². The summed E-state index contributed by atoms with van der Waals surface area (Å²) in [5.74, 6) is 0.601. The summed E-state index contributed by atoms with van der Waals surface area (Å²) in [6.07, 6.45) is 0. The third kappa shape index (κ3) is 4.46.